The van der Waals surface area contributed by atoms with Crippen molar-refractivity contribution in [2.75, 3.05) is 7.11 Å². The summed E-state index contributed by atoms with van der Waals surface area (Å²) in [6.45, 7) is 2.15. The van der Waals surface area contributed by atoms with Crippen LogP contribution in [0.4, 0.5) is 0 Å². The van der Waals surface area contributed by atoms with E-state index in [0.29, 0.717) is 25.0 Å². The van der Waals surface area contributed by atoms with E-state index in [1.54, 1.807) is 0 Å². The second kappa shape index (κ2) is 17.1. The molecule has 1 saturated carbocycles. The average Bonchev–Trinajstić information content (AvgIpc) is 3.23. The van der Waals surface area contributed by atoms with Crippen LogP contribution in [0.3, 0.4) is 0 Å². The van der Waals surface area contributed by atoms with Gasteiger partial charge in [0.2, 0.25) is 5.91 Å². The topological polar surface area (TPSA) is 92.7 Å². The monoisotopic (exact) mass is 499 g/mol. The van der Waals surface area contributed by atoms with E-state index in [1.807, 2.05) is 36.4 Å². The number of aliphatic hydroxyl groups is 1. The first-order chi connectivity index (χ1) is 17.4. The number of esters is 1. The van der Waals surface area contributed by atoms with Crippen molar-refractivity contribution in [3.05, 3.63) is 48.0 Å². The lowest BCUT2D eigenvalue weighted by Gasteiger charge is -2.17. The van der Waals surface area contributed by atoms with E-state index < -0.39 is 18.1 Å². The number of carbonyl (C=O) groups is 3. The maximum atomic E-state index is 12.4. The number of carbonyl (C=O) groups excluding carboxylic acids is 3. The lowest BCUT2D eigenvalue weighted by Crippen LogP contribution is -2.43. The van der Waals surface area contributed by atoms with Crippen molar-refractivity contribution < 1.29 is 24.2 Å². The molecule has 2 rings (SSSR count). The summed E-state index contributed by atoms with van der Waals surface area (Å²) < 4.78 is 4.86. The summed E-state index contributed by atoms with van der Waals surface area (Å²) in [7, 11) is 1.33. The fourth-order valence-corrected chi connectivity index (χ4v) is 4.97. The molecule has 1 amide bonds. The quantitative estimate of drug-likeness (QED) is 0.172. The third kappa shape index (κ3) is 11.1. The smallest absolute Gasteiger partial charge is 0.328 e. The normalized spacial score (nSPS) is 19.4. The Morgan fingerprint density at radius 3 is 2.58 bits per heavy atom. The van der Waals surface area contributed by atoms with Gasteiger partial charge in [-0.15, -0.1) is 0 Å². The van der Waals surface area contributed by atoms with Crippen LogP contribution < -0.4 is 5.32 Å². The molecule has 1 aromatic rings. The first-order valence-electron chi connectivity index (χ1n) is 13.7. The number of rotatable bonds is 17. The standard InChI is InChI=1S/C30H45NO5/c1-3-4-8-15-25(32)20-18-24-19-21-28(33)26(24)16-11-5-6-12-17-29(34)31-27(30(35)36-2)22-23-13-9-7-10-14-23/h7,9-10,13-14,18,20,24-27,32H,3-6,8,11-12,15-17,19,21-22H2,1-2H3,(H,31,34)/b20-18+/t24-,25-,26+,27-/m0/s1. The van der Waals surface area contributed by atoms with Crippen molar-refractivity contribution in [3.8, 4) is 0 Å². The molecule has 6 nitrogen and oxygen atoms in total. The number of benzene rings is 1. The number of nitrogens with one attached hydrogen (secondary N) is 1. The molecule has 0 radical (unpaired) electrons. The fourth-order valence-electron chi connectivity index (χ4n) is 4.97. The predicted octanol–water partition coefficient (Wildman–Crippen LogP) is 5.32. The maximum absolute atomic E-state index is 12.4. The van der Waals surface area contributed by atoms with E-state index >= 15 is 0 Å². The molecule has 0 bridgehead atoms. The van der Waals surface area contributed by atoms with Crippen molar-refractivity contribution in [1.29, 1.82) is 0 Å². The Morgan fingerprint density at radius 2 is 1.86 bits per heavy atom. The van der Waals surface area contributed by atoms with Crippen LogP contribution in [-0.2, 0) is 25.5 Å². The number of ether oxygens (including phenoxy) is 1. The van der Waals surface area contributed by atoms with Crippen LogP contribution in [0.2, 0.25) is 0 Å². The minimum absolute atomic E-state index is 0.0613. The van der Waals surface area contributed by atoms with Gasteiger partial charge in [-0.1, -0.05) is 87.9 Å². The van der Waals surface area contributed by atoms with Crippen molar-refractivity contribution in [1.82, 2.24) is 5.32 Å². The van der Waals surface area contributed by atoms with Crippen LogP contribution in [0.1, 0.15) is 89.5 Å². The SMILES string of the molecule is CCCCC[C@H](O)/C=C/[C@H]1CCC(=O)[C@@H]1CCCCCCC(=O)N[C@@H](Cc1ccccc1)C(=O)OC. The van der Waals surface area contributed by atoms with Crippen LogP contribution in [0, 0.1) is 11.8 Å². The third-order valence-corrected chi connectivity index (χ3v) is 7.11. The molecule has 1 fully saturated rings. The van der Waals surface area contributed by atoms with Crippen LogP contribution in [-0.4, -0.2) is 42.0 Å². The first-order valence-corrected chi connectivity index (χ1v) is 13.7. The van der Waals surface area contributed by atoms with Crippen LogP contribution in [0.25, 0.3) is 0 Å². The molecule has 0 heterocycles. The largest absolute Gasteiger partial charge is 0.467 e. The van der Waals surface area contributed by atoms with Gasteiger partial charge >= 0.3 is 5.97 Å². The number of amides is 1. The highest BCUT2D eigenvalue weighted by Crippen LogP contribution is 2.34. The first kappa shape index (κ1) is 29.8. The van der Waals surface area contributed by atoms with E-state index in [1.165, 1.54) is 7.11 Å². The third-order valence-electron chi connectivity index (χ3n) is 7.11. The summed E-state index contributed by atoms with van der Waals surface area (Å²) in [5.41, 5.74) is 0.966. The Balaban J connectivity index is 1.66. The summed E-state index contributed by atoms with van der Waals surface area (Å²) in [5, 5.41) is 13.0. The molecule has 1 aliphatic carbocycles. The van der Waals surface area contributed by atoms with Gasteiger partial charge in [-0.05, 0) is 37.2 Å². The zero-order chi connectivity index (χ0) is 26.2. The minimum Gasteiger partial charge on any atom is -0.467 e. The molecular weight excluding hydrogens is 454 g/mol. The molecule has 2 N–H and O–H groups in total. The minimum atomic E-state index is -0.687. The molecule has 0 saturated heterocycles. The summed E-state index contributed by atoms with van der Waals surface area (Å²) in [4.78, 5) is 36.9. The summed E-state index contributed by atoms with van der Waals surface area (Å²) in [6, 6.07) is 8.88. The van der Waals surface area contributed by atoms with Crippen LogP contribution in [0.15, 0.2) is 42.5 Å². The Morgan fingerprint density at radius 1 is 1.11 bits per heavy atom. The average molecular weight is 500 g/mol. The number of hydrogen-bond acceptors (Lipinski definition) is 5. The van der Waals surface area contributed by atoms with Gasteiger partial charge in [-0.3, -0.25) is 9.59 Å². The number of ketones is 1. The number of Topliss-reactive ketones (excluding diaryl/α,β-unsaturated/α-hetero) is 1. The Labute approximate surface area is 216 Å². The molecule has 36 heavy (non-hydrogen) atoms. The van der Waals surface area contributed by atoms with E-state index in [9.17, 15) is 19.5 Å². The summed E-state index contributed by atoms with van der Waals surface area (Å²) >= 11 is 0. The van der Waals surface area contributed by atoms with Crippen molar-refractivity contribution in [2.24, 2.45) is 11.8 Å². The molecule has 0 spiro atoms. The van der Waals surface area contributed by atoms with Gasteiger partial charge < -0.3 is 15.2 Å². The number of methoxy groups -OCH3 is 1. The lowest BCUT2D eigenvalue weighted by molar-refractivity contribution is -0.145. The fraction of sp³-hybridized carbons (Fsp3) is 0.633. The van der Waals surface area contributed by atoms with Gasteiger partial charge in [-0.25, -0.2) is 4.79 Å². The van der Waals surface area contributed by atoms with Gasteiger partial charge in [0.25, 0.3) is 0 Å². The van der Waals surface area contributed by atoms with E-state index in [0.717, 1.165) is 69.8 Å². The van der Waals surface area contributed by atoms with Gasteiger partial charge in [-0.2, -0.15) is 0 Å². The number of unbranched alkanes of at least 4 members (excludes halogenated alkanes) is 5. The predicted molar refractivity (Wildman–Crippen MR) is 142 cm³/mol. The Kier molecular flexibility index (Phi) is 14.1. The summed E-state index contributed by atoms with van der Waals surface area (Å²) in [5.74, 6) is 0.0624. The molecule has 0 aliphatic heterocycles. The number of aliphatic hydroxyl groups excluding tert-OH is 1. The molecule has 4 atom stereocenters. The molecular formula is C30H45NO5. The molecule has 1 aliphatic rings. The van der Waals surface area contributed by atoms with Gasteiger partial charge in [0.1, 0.15) is 11.8 Å². The summed E-state index contributed by atoms with van der Waals surface area (Å²) in [6.07, 6.45) is 14.4. The van der Waals surface area contributed by atoms with Gasteiger partial charge in [0, 0.05) is 25.2 Å². The highest BCUT2D eigenvalue weighted by Gasteiger charge is 2.32. The van der Waals surface area contributed by atoms with E-state index in [-0.39, 0.29) is 17.7 Å². The van der Waals surface area contributed by atoms with Crippen LogP contribution >= 0.6 is 0 Å². The highest BCUT2D eigenvalue weighted by molar-refractivity contribution is 5.84. The molecule has 6 heteroatoms. The zero-order valence-electron chi connectivity index (χ0n) is 22.1. The van der Waals surface area contributed by atoms with Crippen molar-refractivity contribution in [2.45, 2.75) is 103 Å². The van der Waals surface area contributed by atoms with Gasteiger partial charge in [0.15, 0.2) is 0 Å². The second-order valence-electron chi connectivity index (χ2n) is 10.0. The van der Waals surface area contributed by atoms with Crippen molar-refractivity contribution in [3.63, 3.8) is 0 Å². The molecule has 0 aromatic heterocycles. The maximum Gasteiger partial charge on any atom is 0.328 e. The highest BCUT2D eigenvalue weighted by atomic mass is 16.5. The van der Waals surface area contributed by atoms with Crippen molar-refractivity contribution >= 4 is 17.7 Å². The Bertz CT molecular complexity index is 822. The van der Waals surface area contributed by atoms with E-state index in [2.05, 4.69) is 18.3 Å². The molecule has 1 aromatic carbocycles. The van der Waals surface area contributed by atoms with Crippen LogP contribution in [0.5, 0.6) is 0 Å². The lowest BCUT2D eigenvalue weighted by atomic mass is 9.89. The number of allylic oxidation sites excluding steroid dienone is 1. The van der Waals surface area contributed by atoms with Gasteiger partial charge in [0.05, 0.1) is 13.2 Å². The Hall–Kier alpha value is -2.47. The van der Waals surface area contributed by atoms with E-state index in [4.69, 9.17) is 4.74 Å². The molecule has 0 unspecified atom stereocenters. The molecule has 200 valence electrons. The number of hydrogen-bond donors (Lipinski definition) is 2. The second-order valence-corrected chi connectivity index (χ2v) is 10.0. The zero-order valence-corrected chi connectivity index (χ0v) is 22.1.